The third-order valence-electron chi connectivity index (χ3n) is 2.73. The van der Waals surface area contributed by atoms with Crippen molar-refractivity contribution in [2.45, 2.75) is 4.90 Å². The standard InChI is InChI=1S/C13H9ClN4O2S/c14-13-4-2-10(8-17-13)21(19,20)18-9-1-3-11-12(7-9)16-6-5-15-11/h1-8,18H. The predicted molar refractivity (Wildman–Crippen MR) is 79.6 cm³/mol. The predicted octanol–water partition coefficient (Wildman–Crippen LogP) is 2.48. The molecule has 0 atom stereocenters. The zero-order valence-electron chi connectivity index (χ0n) is 10.6. The molecule has 0 unspecified atom stereocenters. The van der Waals surface area contributed by atoms with Gasteiger partial charge in [0.2, 0.25) is 0 Å². The van der Waals surface area contributed by atoms with Gasteiger partial charge in [-0.25, -0.2) is 13.4 Å². The van der Waals surface area contributed by atoms with Crippen molar-refractivity contribution >= 4 is 38.3 Å². The van der Waals surface area contributed by atoms with Crippen molar-refractivity contribution in [1.29, 1.82) is 0 Å². The SMILES string of the molecule is O=S(=O)(Nc1ccc2nccnc2c1)c1ccc(Cl)nc1. The number of rotatable bonds is 3. The first kappa shape index (κ1) is 13.7. The number of fused-ring (bicyclic) bond motifs is 1. The van der Waals surface area contributed by atoms with Crippen LogP contribution in [0.4, 0.5) is 5.69 Å². The number of sulfonamides is 1. The Bertz CT molecular complexity index is 897. The average Bonchev–Trinajstić information content (AvgIpc) is 2.47. The molecule has 3 aromatic rings. The van der Waals surface area contributed by atoms with Gasteiger partial charge < -0.3 is 0 Å². The molecule has 8 heteroatoms. The van der Waals surface area contributed by atoms with Gasteiger partial charge in [-0.2, -0.15) is 0 Å². The van der Waals surface area contributed by atoms with Crippen molar-refractivity contribution in [1.82, 2.24) is 15.0 Å². The van der Waals surface area contributed by atoms with Crippen LogP contribution in [0.5, 0.6) is 0 Å². The van der Waals surface area contributed by atoms with Crippen molar-refractivity contribution in [3.05, 3.63) is 54.1 Å². The average molecular weight is 321 g/mol. The smallest absolute Gasteiger partial charge is 0.263 e. The lowest BCUT2D eigenvalue weighted by molar-refractivity contribution is 0.601. The molecule has 0 aliphatic heterocycles. The molecule has 2 heterocycles. The minimum absolute atomic E-state index is 0.0335. The van der Waals surface area contributed by atoms with Gasteiger partial charge in [0.05, 0.1) is 16.7 Å². The van der Waals surface area contributed by atoms with Crippen LogP contribution in [0.2, 0.25) is 5.15 Å². The van der Waals surface area contributed by atoms with Crippen LogP contribution < -0.4 is 4.72 Å². The highest BCUT2D eigenvalue weighted by atomic mass is 35.5. The highest BCUT2D eigenvalue weighted by Crippen LogP contribution is 2.19. The summed E-state index contributed by atoms with van der Waals surface area (Å²) in [7, 11) is -3.72. The number of nitrogens with one attached hydrogen (secondary N) is 1. The van der Waals surface area contributed by atoms with Crippen LogP contribution in [-0.2, 0) is 10.0 Å². The summed E-state index contributed by atoms with van der Waals surface area (Å²) in [5.41, 5.74) is 1.69. The van der Waals surface area contributed by atoms with Crippen molar-refractivity contribution in [2.75, 3.05) is 4.72 Å². The van der Waals surface area contributed by atoms with Crippen LogP contribution >= 0.6 is 11.6 Å². The largest absolute Gasteiger partial charge is 0.280 e. The molecule has 1 aromatic carbocycles. The van der Waals surface area contributed by atoms with Gasteiger partial charge in [0.25, 0.3) is 10.0 Å². The number of pyridine rings is 1. The van der Waals surface area contributed by atoms with E-state index in [1.807, 2.05) is 0 Å². The second kappa shape index (κ2) is 5.27. The Labute approximate surface area is 125 Å². The second-order valence-electron chi connectivity index (χ2n) is 4.18. The first-order chi connectivity index (χ1) is 10.0. The number of aromatic nitrogens is 3. The van der Waals surface area contributed by atoms with Gasteiger partial charge in [0.1, 0.15) is 10.0 Å². The van der Waals surface area contributed by atoms with Crippen molar-refractivity contribution < 1.29 is 8.42 Å². The van der Waals surface area contributed by atoms with E-state index in [0.717, 1.165) is 0 Å². The monoisotopic (exact) mass is 320 g/mol. The summed E-state index contributed by atoms with van der Waals surface area (Å²) in [6, 6.07) is 7.74. The highest BCUT2D eigenvalue weighted by Gasteiger charge is 2.15. The van der Waals surface area contributed by atoms with Crippen LogP contribution in [-0.4, -0.2) is 23.4 Å². The lowest BCUT2D eigenvalue weighted by atomic mass is 10.3. The maximum atomic E-state index is 12.2. The Kier molecular flexibility index (Phi) is 3.44. The molecule has 3 rings (SSSR count). The molecule has 6 nitrogen and oxygen atoms in total. The van der Waals surface area contributed by atoms with Gasteiger partial charge >= 0.3 is 0 Å². The molecule has 21 heavy (non-hydrogen) atoms. The third kappa shape index (κ3) is 2.93. The maximum Gasteiger partial charge on any atom is 0.263 e. The molecule has 0 aliphatic rings. The lowest BCUT2D eigenvalue weighted by Crippen LogP contribution is -2.13. The topological polar surface area (TPSA) is 84.8 Å². The van der Waals surface area contributed by atoms with E-state index >= 15 is 0 Å². The molecule has 2 aromatic heterocycles. The summed E-state index contributed by atoms with van der Waals surface area (Å²) in [6.07, 6.45) is 4.32. The van der Waals surface area contributed by atoms with E-state index in [4.69, 9.17) is 11.6 Å². The van der Waals surface area contributed by atoms with E-state index in [0.29, 0.717) is 16.7 Å². The van der Waals surface area contributed by atoms with E-state index in [-0.39, 0.29) is 10.0 Å². The maximum absolute atomic E-state index is 12.2. The summed E-state index contributed by atoms with van der Waals surface area (Å²) < 4.78 is 26.9. The molecular formula is C13H9ClN4O2S. The van der Waals surface area contributed by atoms with Crippen LogP contribution in [0.25, 0.3) is 11.0 Å². The van der Waals surface area contributed by atoms with E-state index in [9.17, 15) is 8.42 Å². The zero-order chi connectivity index (χ0) is 14.9. The molecule has 0 saturated heterocycles. The molecule has 0 fully saturated rings. The summed E-state index contributed by atoms with van der Waals surface area (Å²) >= 11 is 5.65. The molecule has 0 spiro atoms. The van der Waals surface area contributed by atoms with Gasteiger partial charge in [-0.05, 0) is 30.3 Å². The normalized spacial score (nSPS) is 11.5. The Morgan fingerprint density at radius 2 is 1.71 bits per heavy atom. The van der Waals surface area contributed by atoms with Gasteiger partial charge in [0, 0.05) is 18.6 Å². The van der Waals surface area contributed by atoms with Crippen molar-refractivity contribution in [3.63, 3.8) is 0 Å². The minimum atomic E-state index is -3.72. The van der Waals surface area contributed by atoms with Crippen LogP contribution in [0, 0.1) is 0 Å². The Morgan fingerprint density at radius 1 is 0.952 bits per heavy atom. The second-order valence-corrected chi connectivity index (χ2v) is 6.25. The van der Waals surface area contributed by atoms with Crippen molar-refractivity contribution in [3.8, 4) is 0 Å². The Morgan fingerprint density at radius 3 is 2.43 bits per heavy atom. The molecule has 0 saturated carbocycles. The molecule has 0 radical (unpaired) electrons. The first-order valence-corrected chi connectivity index (χ1v) is 7.76. The fourth-order valence-corrected chi connectivity index (χ4v) is 2.87. The molecule has 106 valence electrons. The van der Waals surface area contributed by atoms with E-state index < -0.39 is 10.0 Å². The summed E-state index contributed by atoms with van der Waals surface area (Å²) in [5.74, 6) is 0. The molecule has 0 amide bonds. The van der Waals surface area contributed by atoms with Gasteiger partial charge in [-0.3, -0.25) is 14.7 Å². The highest BCUT2D eigenvalue weighted by molar-refractivity contribution is 7.92. The van der Waals surface area contributed by atoms with Gasteiger partial charge in [-0.15, -0.1) is 0 Å². The lowest BCUT2D eigenvalue weighted by Gasteiger charge is -2.08. The number of benzene rings is 1. The Hall–Kier alpha value is -2.25. The van der Waals surface area contributed by atoms with E-state index in [2.05, 4.69) is 19.7 Å². The van der Waals surface area contributed by atoms with Crippen molar-refractivity contribution in [2.24, 2.45) is 0 Å². The fourth-order valence-electron chi connectivity index (χ4n) is 1.76. The van der Waals surface area contributed by atoms with Gasteiger partial charge in [-0.1, -0.05) is 11.6 Å². The van der Waals surface area contributed by atoms with Crippen LogP contribution in [0.3, 0.4) is 0 Å². The number of hydrogen-bond donors (Lipinski definition) is 1. The van der Waals surface area contributed by atoms with E-state index in [1.54, 1.807) is 30.6 Å². The van der Waals surface area contributed by atoms with Crippen LogP contribution in [0.15, 0.2) is 53.8 Å². The Balaban J connectivity index is 1.95. The number of nitrogens with zero attached hydrogens (tertiary/aromatic N) is 3. The molecular weight excluding hydrogens is 312 g/mol. The summed E-state index contributed by atoms with van der Waals surface area (Å²) in [6.45, 7) is 0. The van der Waals surface area contributed by atoms with Crippen LogP contribution in [0.1, 0.15) is 0 Å². The zero-order valence-corrected chi connectivity index (χ0v) is 12.1. The fraction of sp³-hybridized carbons (Fsp3) is 0. The van der Waals surface area contributed by atoms with E-state index in [1.165, 1.54) is 18.3 Å². The number of halogens is 1. The summed E-state index contributed by atoms with van der Waals surface area (Å²) in [4.78, 5) is 12.0. The molecule has 0 aliphatic carbocycles. The molecule has 1 N–H and O–H groups in total. The van der Waals surface area contributed by atoms with Gasteiger partial charge in [0.15, 0.2) is 0 Å². The summed E-state index contributed by atoms with van der Waals surface area (Å²) in [5, 5.41) is 0.231. The molecule has 0 bridgehead atoms. The number of hydrogen-bond acceptors (Lipinski definition) is 5. The quantitative estimate of drug-likeness (QED) is 0.749. The third-order valence-corrected chi connectivity index (χ3v) is 4.32. The first-order valence-electron chi connectivity index (χ1n) is 5.90. The minimum Gasteiger partial charge on any atom is -0.280 e. The number of anilines is 1.